The second-order valence-corrected chi connectivity index (χ2v) is 12.1. The van der Waals surface area contributed by atoms with Crippen LogP contribution in [-0.2, 0) is 26.1 Å². The molecule has 11 heteroatoms. The number of carbonyl (C=O) groups excluding carboxylic acids is 1. The molecule has 0 saturated carbocycles. The van der Waals surface area contributed by atoms with E-state index >= 15 is 0 Å². The largest absolute Gasteiger partial charge is 0.496 e. The third-order valence-electron chi connectivity index (χ3n) is 6.26. The molecule has 1 aliphatic rings. The Morgan fingerprint density at radius 2 is 1.86 bits per heavy atom. The molecule has 0 unspecified atom stereocenters. The molecule has 0 aliphatic carbocycles. The number of hydrogen-bond donors (Lipinski definition) is 1. The average Bonchev–Trinajstić information content (AvgIpc) is 2.89. The summed E-state index contributed by atoms with van der Waals surface area (Å²) in [4.78, 5) is 12.4. The van der Waals surface area contributed by atoms with Crippen molar-refractivity contribution in [1.82, 2.24) is 9.62 Å². The second kappa shape index (κ2) is 13.2. The number of halogens is 2. The number of sulfonamides is 1. The van der Waals surface area contributed by atoms with Crippen LogP contribution in [0.2, 0.25) is 10.0 Å². The van der Waals surface area contributed by atoms with E-state index in [-0.39, 0.29) is 36.8 Å². The summed E-state index contributed by atoms with van der Waals surface area (Å²) in [5.41, 5.74) is 1.64. The van der Waals surface area contributed by atoms with Gasteiger partial charge in [-0.15, -0.1) is 0 Å². The van der Waals surface area contributed by atoms with Crippen LogP contribution in [0.15, 0.2) is 30.3 Å². The number of amides is 1. The Morgan fingerprint density at radius 3 is 2.49 bits per heavy atom. The number of benzene rings is 2. The Hall–Kier alpha value is -2.04. The summed E-state index contributed by atoms with van der Waals surface area (Å²) >= 11 is 13.0. The molecule has 0 aromatic heterocycles. The van der Waals surface area contributed by atoms with Crippen molar-refractivity contribution in [2.45, 2.75) is 52.2 Å². The molecule has 1 amide bonds. The molecule has 2 aromatic carbocycles. The predicted molar refractivity (Wildman–Crippen MR) is 145 cm³/mol. The van der Waals surface area contributed by atoms with E-state index < -0.39 is 10.0 Å². The van der Waals surface area contributed by atoms with Gasteiger partial charge in [-0.25, -0.2) is 12.7 Å². The maximum absolute atomic E-state index is 12.4. The van der Waals surface area contributed by atoms with E-state index in [2.05, 4.69) is 19.2 Å². The van der Waals surface area contributed by atoms with Gasteiger partial charge in [-0.2, -0.15) is 0 Å². The van der Waals surface area contributed by atoms with Crippen LogP contribution in [0.4, 0.5) is 0 Å². The summed E-state index contributed by atoms with van der Waals surface area (Å²) in [7, 11) is -1.57. The average molecular weight is 574 g/mol. The van der Waals surface area contributed by atoms with Gasteiger partial charge < -0.3 is 19.5 Å². The van der Waals surface area contributed by atoms with Gasteiger partial charge in [0.15, 0.2) is 5.75 Å². The molecule has 204 valence electrons. The topological polar surface area (TPSA) is 94.2 Å². The van der Waals surface area contributed by atoms with Gasteiger partial charge in [-0.1, -0.05) is 43.1 Å². The summed E-state index contributed by atoms with van der Waals surface area (Å²) in [5.74, 6) is 1.66. The fraction of sp³-hybridized carbons (Fsp3) is 0.500. The van der Waals surface area contributed by atoms with Crippen molar-refractivity contribution in [2.24, 2.45) is 0 Å². The van der Waals surface area contributed by atoms with Crippen LogP contribution in [-0.4, -0.2) is 57.3 Å². The zero-order valence-corrected chi connectivity index (χ0v) is 23.9. The van der Waals surface area contributed by atoms with E-state index in [9.17, 15) is 13.2 Å². The number of rotatable bonds is 11. The molecule has 2 aromatic rings. The zero-order chi connectivity index (χ0) is 27.2. The highest BCUT2D eigenvalue weighted by Gasteiger charge is 2.27. The lowest BCUT2D eigenvalue weighted by atomic mass is 10.0. The third-order valence-corrected chi connectivity index (χ3v) is 8.85. The molecule has 1 saturated heterocycles. The van der Waals surface area contributed by atoms with Gasteiger partial charge >= 0.3 is 0 Å². The third kappa shape index (κ3) is 7.74. The summed E-state index contributed by atoms with van der Waals surface area (Å²) in [6.07, 6.45) is 0.952. The van der Waals surface area contributed by atoms with Crippen LogP contribution in [0.25, 0.3) is 0 Å². The van der Waals surface area contributed by atoms with Gasteiger partial charge in [-0.05, 0) is 55.5 Å². The van der Waals surface area contributed by atoms with Crippen LogP contribution in [0, 0.1) is 0 Å². The van der Waals surface area contributed by atoms with Gasteiger partial charge in [0, 0.05) is 25.2 Å². The van der Waals surface area contributed by atoms with Crippen LogP contribution in [0.3, 0.4) is 0 Å². The van der Waals surface area contributed by atoms with Gasteiger partial charge in [0.25, 0.3) is 0 Å². The number of methoxy groups -OCH3 is 1. The van der Waals surface area contributed by atoms with E-state index in [4.69, 9.17) is 37.4 Å². The molecule has 8 nitrogen and oxygen atoms in total. The lowest BCUT2D eigenvalue weighted by Crippen LogP contribution is -2.42. The zero-order valence-electron chi connectivity index (χ0n) is 21.6. The number of ether oxygens (including phenoxy) is 3. The molecule has 1 aliphatic heterocycles. The molecular weight excluding hydrogens is 539 g/mol. The first-order chi connectivity index (χ1) is 17.6. The number of hydrogen-bond acceptors (Lipinski definition) is 6. The first-order valence-electron chi connectivity index (χ1n) is 12.2. The fourth-order valence-corrected chi connectivity index (χ4v) is 5.69. The number of nitrogens with one attached hydrogen (secondary N) is 1. The molecule has 1 fully saturated rings. The molecule has 0 atom stereocenters. The first-order valence-corrected chi connectivity index (χ1v) is 14.6. The molecule has 1 N–H and O–H groups in total. The lowest BCUT2D eigenvalue weighted by Gasteiger charge is -2.30. The van der Waals surface area contributed by atoms with Gasteiger partial charge in [-0.3, -0.25) is 4.79 Å². The van der Waals surface area contributed by atoms with Crippen LogP contribution in [0.5, 0.6) is 17.2 Å². The van der Waals surface area contributed by atoms with Crippen molar-refractivity contribution in [3.8, 4) is 17.2 Å². The number of nitrogens with zero attached hydrogens (tertiary/aromatic N) is 1. The Bertz CT molecular complexity index is 1200. The smallest absolute Gasteiger partial charge is 0.246 e. The first kappa shape index (κ1) is 29.5. The molecule has 3 rings (SSSR count). The Balaban J connectivity index is 1.56. The summed E-state index contributed by atoms with van der Waals surface area (Å²) in [6, 6.07) is 8.92. The van der Waals surface area contributed by atoms with E-state index in [0.717, 1.165) is 11.3 Å². The van der Waals surface area contributed by atoms with Gasteiger partial charge in [0.2, 0.25) is 15.9 Å². The standard InChI is InChI=1S/C26H34Cl2N2O6S/c1-5-37(32,33)30-12-10-19(11-13-30)35-16-24(31)29-15-18-6-8-22(27)26(25(18)28)36-20-7-9-23(34-4)21(14-20)17(2)3/h6-9,14,17,19H,5,10-13,15-16H2,1-4H3,(H,29,31). The van der Waals surface area contributed by atoms with Crippen LogP contribution < -0.4 is 14.8 Å². The lowest BCUT2D eigenvalue weighted by molar-refractivity contribution is -0.128. The highest BCUT2D eigenvalue weighted by molar-refractivity contribution is 7.89. The van der Waals surface area contributed by atoms with E-state index in [1.165, 1.54) is 4.31 Å². The van der Waals surface area contributed by atoms with Crippen molar-refractivity contribution in [3.63, 3.8) is 0 Å². The predicted octanol–water partition coefficient (Wildman–Crippen LogP) is 5.36. The van der Waals surface area contributed by atoms with E-state index in [1.807, 2.05) is 12.1 Å². The number of carbonyl (C=O) groups is 1. The molecular formula is C26H34Cl2N2O6S. The Labute approximate surface area is 229 Å². The maximum atomic E-state index is 12.4. The van der Waals surface area contributed by atoms with E-state index in [0.29, 0.717) is 53.0 Å². The number of piperidine rings is 1. The van der Waals surface area contributed by atoms with Gasteiger partial charge in [0.05, 0.1) is 29.0 Å². The van der Waals surface area contributed by atoms with Crippen molar-refractivity contribution >= 4 is 39.1 Å². The molecule has 0 radical (unpaired) electrons. The van der Waals surface area contributed by atoms with E-state index in [1.54, 1.807) is 32.2 Å². The molecule has 1 heterocycles. The van der Waals surface area contributed by atoms with Gasteiger partial charge in [0.1, 0.15) is 18.1 Å². The van der Waals surface area contributed by atoms with Crippen molar-refractivity contribution in [3.05, 3.63) is 51.5 Å². The summed E-state index contributed by atoms with van der Waals surface area (Å²) in [6.45, 7) is 6.61. The van der Waals surface area contributed by atoms with Crippen LogP contribution in [0.1, 0.15) is 50.7 Å². The Kier molecular flexibility index (Phi) is 10.5. The van der Waals surface area contributed by atoms with Crippen LogP contribution >= 0.6 is 23.2 Å². The van der Waals surface area contributed by atoms with Crippen molar-refractivity contribution in [1.29, 1.82) is 0 Å². The minimum absolute atomic E-state index is 0.0834. The SMILES string of the molecule is CCS(=O)(=O)N1CCC(OCC(=O)NCc2ccc(Cl)c(Oc3ccc(OC)c(C(C)C)c3)c2Cl)CC1. The maximum Gasteiger partial charge on any atom is 0.246 e. The monoisotopic (exact) mass is 572 g/mol. The minimum atomic E-state index is -3.19. The molecule has 0 spiro atoms. The highest BCUT2D eigenvalue weighted by Crippen LogP contribution is 2.40. The van der Waals surface area contributed by atoms with Crippen molar-refractivity contribution in [2.75, 3.05) is 32.6 Å². The minimum Gasteiger partial charge on any atom is -0.496 e. The quantitative estimate of drug-likeness (QED) is 0.389. The van der Waals surface area contributed by atoms with Crippen molar-refractivity contribution < 1.29 is 27.4 Å². The highest BCUT2D eigenvalue weighted by atomic mass is 35.5. The molecule has 0 bridgehead atoms. The fourth-order valence-electron chi connectivity index (χ4n) is 4.05. The normalized spacial score (nSPS) is 15.1. The summed E-state index contributed by atoms with van der Waals surface area (Å²) < 4.78 is 42.6. The summed E-state index contributed by atoms with van der Waals surface area (Å²) in [5, 5.41) is 3.46. The Morgan fingerprint density at radius 1 is 1.16 bits per heavy atom. The molecule has 37 heavy (non-hydrogen) atoms. The second-order valence-electron chi connectivity index (χ2n) is 9.10.